The molecule has 9 rings (SSSR count). The first-order valence-corrected chi connectivity index (χ1v) is 19.2. The van der Waals surface area contributed by atoms with Crippen LogP contribution in [0.25, 0.3) is 65.0 Å². The molecule has 9 aromatic rings. The molecule has 0 aliphatic carbocycles. The predicted octanol–water partition coefficient (Wildman–Crippen LogP) is 12.9. The summed E-state index contributed by atoms with van der Waals surface area (Å²) in [5.41, 5.74) is 3.96. The second-order valence-electron chi connectivity index (χ2n) is 10.9. The van der Waals surface area contributed by atoms with Crippen molar-refractivity contribution >= 4 is 85.6 Å². The molecule has 0 aliphatic heterocycles. The van der Waals surface area contributed by atoms with Crippen LogP contribution in [0.4, 0.5) is 0 Å². The van der Waals surface area contributed by atoms with Crippen molar-refractivity contribution in [1.29, 1.82) is 0 Å². The molecule has 0 aromatic heterocycles. The van der Waals surface area contributed by atoms with Gasteiger partial charge in [0.15, 0.2) is 0 Å². The zero-order valence-corrected chi connectivity index (χ0v) is 32.1. The van der Waals surface area contributed by atoms with Crippen molar-refractivity contribution in [1.82, 2.24) is 0 Å². The molecule has 0 unspecified atom stereocenters. The number of fused-ring (bicyclic) bond motifs is 7. The molecule has 2 radical (unpaired) electrons. The maximum Gasteiger partial charge on any atom is -0.0771 e. The van der Waals surface area contributed by atoms with Crippen molar-refractivity contribution in [3.63, 3.8) is 0 Å². The summed E-state index contributed by atoms with van der Waals surface area (Å²) in [6.45, 7) is 5.23. The molecule has 0 saturated carbocycles. The van der Waals surface area contributed by atoms with E-state index in [2.05, 4.69) is 159 Å². The van der Waals surface area contributed by atoms with E-state index < -0.39 is 0 Å². The Kier molecular flexibility index (Phi) is 15.0. The molecule has 0 spiro atoms. The topological polar surface area (TPSA) is 0 Å². The fraction of sp³-hybridized carbons (Fsp3) is 0.0227. The van der Waals surface area contributed by atoms with Crippen LogP contribution >= 0.6 is 24.8 Å². The molecule has 0 nitrogen and oxygen atoms in total. The summed E-state index contributed by atoms with van der Waals surface area (Å²) in [6.07, 6.45) is 0. The Morgan fingerprint density at radius 3 is 1.54 bits per heavy atom. The first kappa shape index (κ1) is 38.7. The van der Waals surface area contributed by atoms with Crippen LogP contribution in [-0.2, 0) is 23.3 Å². The average molecular weight is 755 g/mol. The fourth-order valence-electron chi connectivity index (χ4n) is 6.14. The van der Waals surface area contributed by atoms with Gasteiger partial charge in [-0.25, -0.2) is 0 Å². The van der Waals surface area contributed by atoms with E-state index in [1.807, 2.05) is 30.3 Å². The van der Waals surface area contributed by atoms with Gasteiger partial charge >= 0.3 is 30.2 Å². The van der Waals surface area contributed by atoms with Gasteiger partial charge in [0, 0.05) is 0 Å². The molecular formula is C44H36Cl2SiZr-4. The summed E-state index contributed by atoms with van der Waals surface area (Å²) in [6, 6.07) is 62.7. The second kappa shape index (κ2) is 18.7. The standard InChI is InChI=1S/C24H17.C13H9.C6H5.CH3.2ClH.Si.Zr/c1-16-13-17-8-6-12-22(23(17)14-16)24-15-18-7-2-3-9-19(18)20-10-4-5-11-21(20)24;1-3-7-12-10(5-1)9-11-6-2-4-8-13(11)12;1-2-4-6-5-3-1;;;;;/h2-15H,1H3;1-9H;1-5H;1H3;2*1H;;/q4*-1;;;;. The summed E-state index contributed by atoms with van der Waals surface area (Å²) in [7, 11) is 0. The van der Waals surface area contributed by atoms with Gasteiger partial charge in [0.05, 0.1) is 0 Å². The normalized spacial score (nSPS) is 9.83. The smallest absolute Gasteiger partial charge is 0.0771 e. The second-order valence-corrected chi connectivity index (χ2v) is 10.9. The van der Waals surface area contributed by atoms with Gasteiger partial charge in [-0.05, 0) is 33.2 Å². The van der Waals surface area contributed by atoms with Crippen LogP contribution in [0, 0.1) is 20.4 Å². The number of rotatable bonds is 1. The minimum atomic E-state index is 0. The SMILES string of the molecule is Cc1cc2c(-c3cc4ccccc4c4ccccc34)cccc2[cH-]1.Cl.Cl.[CH3-].[Si]=[Zr].[c-]1ccccc1.c1ccc2c(c1)[cH-]c1ccccc12. The zero-order chi connectivity index (χ0) is 31.0. The molecule has 0 heterocycles. The minimum Gasteiger partial charge on any atom is -0.184 e. The fourth-order valence-corrected chi connectivity index (χ4v) is 6.14. The van der Waals surface area contributed by atoms with E-state index in [0.717, 1.165) is 0 Å². The largest absolute Gasteiger partial charge is 0.184 e. The van der Waals surface area contributed by atoms with E-state index in [-0.39, 0.29) is 32.2 Å². The molecular weight excluding hydrogens is 719 g/mol. The van der Waals surface area contributed by atoms with Crippen molar-refractivity contribution in [3.8, 4) is 11.1 Å². The quantitative estimate of drug-likeness (QED) is 0.0889. The molecule has 0 amide bonds. The Labute approximate surface area is 313 Å². The van der Waals surface area contributed by atoms with E-state index >= 15 is 0 Å². The van der Waals surface area contributed by atoms with E-state index in [0.29, 0.717) is 0 Å². The monoisotopic (exact) mass is 752 g/mol. The van der Waals surface area contributed by atoms with Gasteiger partial charge in [-0.2, -0.15) is 42.5 Å². The van der Waals surface area contributed by atoms with Gasteiger partial charge in [-0.3, -0.25) is 0 Å². The molecule has 0 bridgehead atoms. The molecule has 0 N–H and O–H groups in total. The maximum atomic E-state index is 3.06. The number of hydrogen-bond donors (Lipinski definition) is 0. The van der Waals surface area contributed by atoms with Crippen LogP contribution in [-0.4, -0.2) is 6.88 Å². The van der Waals surface area contributed by atoms with Crippen LogP contribution in [0.1, 0.15) is 5.56 Å². The van der Waals surface area contributed by atoms with Gasteiger partial charge in [0.1, 0.15) is 0 Å². The summed E-state index contributed by atoms with van der Waals surface area (Å²) < 4.78 is 0. The van der Waals surface area contributed by atoms with Gasteiger partial charge in [-0.1, -0.05) is 103 Å². The maximum absolute atomic E-state index is 3.06. The number of aryl methyl sites for hydroxylation is 1. The third kappa shape index (κ3) is 8.43. The molecule has 238 valence electrons. The summed E-state index contributed by atoms with van der Waals surface area (Å²) in [4.78, 5) is 0. The molecule has 0 aliphatic rings. The van der Waals surface area contributed by atoms with E-state index in [1.165, 1.54) is 93.9 Å². The van der Waals surface area contributed by atoms with Gasteiger partial charge in [0.2, 0.25) is 0 Å². The molecule has 9 aromatic carbocycles. The van der Waals surface area contributed by atoms with Crippen molar-refractivity contribution < 1.29 is 23.3 Å². The Hall–Kier alpha value is -3.78. The minimum absolute atomic E-state index is 0. The Bertz CT molecular complexity index is 2260. The molecule has 0 fully saturated rings. The summed E-state index contributed by atoms with van der Waals surface area (Å²) in [5.74, 6) is 0. The summed E-state index contributed by atoms with van der Waals surface area (Å²) >= 11 is 1.36. The van der Waals surface area contributed by atoms with Crippen molar-refractivity contribution in [2.45, 2.75) is 6.92 Å². The van der Waals surface area contributed by atoms with E-state index in [9.17, 15) is 0 Å². The number of hydrogen-bond acceptors (Lipinski definition) is 0. The van der Waals surface area contributed by atoms with Crippen molar-refractivity contribution in [2.75, 3.05) is 0 Å². The summed E-state index contributed by atoms with van der Waals surface area (Å²) in [5, 5.41) is 13.3. The Morgan fingerprint density at radius 2 is 0.958 bits per heavy atom. The van der Waals surface area contributed by atoms with Crippen LogP contribution in [0.3, 0.4) is 0 Å². The van der Waals surface area contributed by atoms with Crippen LogP contribution in [0.15, 0.2) is 170 Å². The predicted molar refractivity (Wildman–Crippen MR) is 214 cm³/mol. The first-order chi connectivity index (χ1) is 22.3. The molecule has 4 heteroatoms. The van der Waals surface area contributed by atoms with Crippen LogP contribution in [0.2, 0.25) is 0 Å². The van der Waals surface area contributed by atoms with Crippen molar-refractivity contribution in [2.24, 2.45) is 0 Å². The van der Waals surface area contributed by atoms with Crippen LogP contribution in [0.5, 0.6) is 0 Å². The third-order valence-corrected chi connectivity index (χ3v) is 8.08. The Balaban J connectivity index is 0.000000220. The van der Waals surface area contributed by atoms with Crippen LogP contribution < -0.4 is 0 Å². The third-order valence-electron chi connectivity index (χ3n) is 8.08. The number of benzene rings is 7. The van der Waals surface area contributed by atoms with Crippen molar-refractivity contribution in [3.05, 3.63) is 189 Å². The van der Waals surface area contributed by atoms with E-state index in [1.54, 1.807) is 0 Å². The number of halogens is 2. The van der Waals surface area contributed by atoms with Gasteiger partial charge < -0.3 is 7.43 Å². The molecule has 48 heavy (non-hydrogen) atoms. The Morgan fingerprint density at radius 1 is 0.458 bits per heavy atom. The van der Waals surface area contributed by atoms with E-state index in [4.69, 9.17) is 0 Å². The average Bonchev–Trinajstić information content (AvgIpc) is 3.70. The molecule has 0 saturated heterocycles. The zero-order valence-electron chi connectivity index (χ0n) is 27.0. The van der Waals surface area contributed by atoms with Gasteiger partial charge in [-0.15, -0.1) is 99.1 Å². The molecule has 0 atom stereocenters. The first-order valence-electron chi connectivity index (χ1n) is 15.0. The van der Waals surface area contributed by atoms with Gasteiger partial charge in [0.25, 0.3) is 0 Å².